The zero-order valence-electron chi connectivity index (χ0n) is 61.5. The number of hydrogen-bond donors (Lipinski definition) is 0. The van der Waals surface area contributed by atoms with E-state index in [1.54, 1.807) is 0 Å². The summed E-state index contributed by atoms with van der Waals surface area (Å²) in [5.74, 6) is 0. The van der Waals surface area contributed by atoms with Crippen LogP contribution in [-0.2, 0) is 21.7 Å². The minimum atomic E-state index is -0.802. The summed E-state index contributed by atoms with van der Waals surface area (Å²) in [7, 11) is 0. The van der Waals surface area contributed by atoms with E-state index in [9.17, 15) is 4.11 Å². The molecule has 0 spiro atoms. The molecule has 14 aromatic carbocycles. The average Bonchev–Trinajstić information content (AvgIpc) is 1.21. The van der Waals surface area contributed by atoms with Gasteiger partial charge in [0.05, 0.1) is 37.9 Å². The lowest BCUT2D eigenvalue weighted by atomic mass is 9.35. The Morgan fingerprint density at radius 1 is 0.343 bits per heavy atom. The molecule has 0 aliphatic carbocycles. The Labute approximate surface area is 586 Å². The monoisotopic (exact) mass is 1280 g/mol. The van der Waals surface area contributed by atoms with Crippen LogP contribution in [0.2, 0.25) is 0 Å². The highest BCUT2D eigenvalue weighted by atomic mass is 16.3. The average molecular weight is 1280 g/mol. The molecule has 0 amide bonds. The highest BCUT2D eigenvalue weighted by molar-refractivity contribution is 7.00. The molecule has 18 rings (SSSR count). The lowest BCUT2D eigenvalue weighted by molar-refractivity contribution is 0.587. The van der Waals surface area contributed by atoms with Gasteiger partial charge in [0.2, 0.25) is 0 Å². The molecule has 0 fully saturated rings. The van der Waals surface area contributed by atoms with Crippen molar-refractivity contribution in [2.24, 2.45) is 0 Å². The van der Waals surface area contributed by atoms with Crippen LogP contribution < -0.4 is 26.4 Å². The van der Waals surface area contributed by atoms with Crippen molar-refractivity contribution in [3.63, 3.8) is 0 Å². The van der Waals surface area contributed by atoms with Crippen LogP contribution in [0.4, 0.5) is 34.1 Å². The summed E-state index contributed by atoms with van der Waals surface area (Å²) in [6.45, 7) is 26.7. The van der Waals surface area contributed by atoms with Crippen molar-refractivity contribution in [2.45, 2.75) is 105 Å². The molecule has 0 N–H and O–H groups in total. The maximum Gasteiger partial charge on any atom is 0.297 e. The van der Waals surface area contributed by atoms with Crippen LogP contribution in [0.3, 0.4) is 0 Å². The van der Waals surface area contributed by atoms with Crippen molar-refractivity contribution in [2.75, 3.05) is 9.80 Å². The molecular weight excluding hydrogens is 1200 g/mol. The third-order valence-corrected chi connectivity index (χ3v) is 21.4. The summed E-state index contributed by atoms with van der Waals surface area (Å²) in [6, 6.07) is 90.8. The maximum absolute atomic E-state index is 11.9. The number of rotatable bonds is 7. The van der Waals surface area contributed by atoms with Gasteiger partial charge in [-0.1, -0.05) is 277 Å². The van der Waals surface area contributed by atoms with Crippen molar-refractivity contribution >= 4 is 123 Å². The number of hydrogen-bond acceptors (Lipinski definition) is 3. The first kappa shape index (κ1) is 57.2. The lowest BCUT2D eigenvalue weighted by Gasteiger charge is -2.45. The topological polar surface area (TPSA) is 24.6 Å². The van der Waals surface area contributed by atoms with E-state index in [0.29, 0.717) is 22.5 Å². The molecular formula is C94H80BN3O. The number of furan rings is 1. The van der Waals surface area contributed by atoms with E-state index in [1.807, 2.05) is 0 Å². The van der Waals surface area contributed by atoms with Gasteiger partial charge < -0.3 is 18.8 Å². The van der Waals surface area contributed by atoms with Gasteiger partial charge in [0.1, 0.15) is 5.58 Å². The summed E-state index contributed by atoms with van der Waals surface area (Å²) in [5, 5.41) is 9.95. The van der Waals surface area contributed by atoms with Gasteiger partial charge in [-0.3, -0.25) is 0 Å². The number of nitrogens with zero attached hydrogens (tertiary/aromatic N) is 3. The maximum atomic E-state index is 11.9. The van der Waals surface area contributed by atoms with Gasteiger partial charge in [-0.05, 0) is 182 Å². The van der Waals surface area contributed by atoms with E-state index >= 15 is 0 Å². The number of para-hydroxylation sites is 1. The third-order valence-electron chi connectivity index (χ3n) is 21.4. The molecule has 4 nitrogen and oxygen atoms in total. The number of anilines is 6. The van der Waals surface area contributed by atoms with E-state index < -0.39 is 12.1 Å². The zero-order chi connectivity index (χ0) is 70.4. The van der Waals surface area contributed by atoms with E-state index in [1.165, 1.54) is 27.1 Å². The number of aromatic nitrogens is 1. The quantitative estimate of drug-likeness (QED) is 0.117. The Hall–Kier alpha value is -10.9. The summed E-state index contributed by atoms with van der Waals surface area (Å²) >= 11 is 0. The smallest absolute Gasteiger partial charge is 0.297 e. The molecule has 99 heavy (non-hydrogen) atoms. The molecule has 0 bridgehead atoms. The van der Waals surface area contributed by atoms with Gasteiger partial charge in [0.15, 0.2) is 0 Å². The van der Waals surface area contributed by atoms with E-state index in [4.69, 9.17) is 4.42 Å². The van der Waals surface area contributed by atoms with Gasteiger partial charge in [-0.15, -0.1) is 0 Å². The van der Waals surface area contributed by atoms with Gasteiger partial charge in [0, 0.05) is 61.2 Å². The van der Waals surface area contributed by atoms with Crippen LogP contribution >= 0.6 is 0 Å². The van der Waals surface area contributed by atoms with Crippen LogP contribution in [0.5, 0.6) is 0 Å². The molecule has 0 saturated carbocycles. The first-order chi connectivity index (χ1) is 48.9. The van der Waals surface area contributed by atoms with Gasteiger partial charge in [-0.25, -0.2) is 0 Å². The second kappa shape index (κ2) is 21.8. The molecule has 2 aromatic heterocycles. The van der Waals surface area contributed by atoms with E-state index in [0.717, 1.165) is 139 Å². The zero-order valence-corrected chi connectivity index (χ0v) is 58.5. The third kappa shape index (κ3) is 9.48. The highest BCUT2D eigenvalue weighted by Crippen LogP contribution is 2.57. The Kier molecular flexibility index (Phi) is 12.6. The first-order valence-electron chi connectivity index (χ1n) is 36.6. The predicted octanol–water partition coefficient (Wildman–Crippen LogP) is 24.4. The van der Waals surface area contributed by atoms with Crippen LogP contribution in [-0.4, -0.2) is 11.3 Å². The fraction of sp³-hybridized carbons (Fsp3) is 0.170. The normalized spacial score (nSPS) is 13.8. The second-order valence-corrected chi connectivity index (χ2v) is 31.8. The molecule has 4 heterocycles. The molecule has 0 saturated heterocycles. The molecule has 0 atom stereocenters. The van der Waals surface area contributed by atoms with E-state index in [-0.39, 0.29) is 34.4 Å². The van der Waals surface area contributed by atoms with Crippen molar-refractivity contribution in [1.29, 1.82) is 0 Å². The van der Waals surface area contributed by atoms with Crippen LogP contribution in [0.15, 0.2) is 271 Å². The molecule has 16 aromatic rings. The van der Waals surface area contributed by atoms with Crippen molar-refractivity contribution < 1.29 is 8.53 Å². The molecule has 0 unspecified atom stereocenters. The number of fused-ring (bicyclic) bond motifs is 10. The predicted molar refractivity (Wildman–Crippen MR) is 425 cm³/mol. The Bertz CT molecular complexity index is 6010. The Morgan fingerprint density at radius 2 is 0.808 bits per heavy atom. The van der Waals surface area contributed by atoms with Gasteiger partial charge in [-0.2, -0.15) is 0 Å². The first-order valence-corrected chi connectivity index (χ1v) is 35.1. The second-order valence-electron chi connectivity index (χ2n) is 31.8. The van der Waals surface area contributed by atoms with Crippen molar-refractivity contribution in [1.82, 2.24) is 4.57 Å². The molecule has 0 radical (unpaired) electrons. The number of benzene rings is 14. The minimum absolute atomic E-state index is 0.0274. The van der Waals surface area contributed by atoms with Crippen LogP contribution in [0.1, 0.15) is 109 Å². The van der Waals surface area contributed by atoms with Gasteiger partial charge in [0.25, 0.3) is 6.71 Å². The Balaban J connectivity index is 1.06. The molecule has 2 aliphatic heterocycles. The van der Waals surface area contributed by atoms with Crippen molar-refractivity contribution in [3.05, 3.63) is 289 Å². The summed E-state index contributed by atoms with van der Waals surface area (Å²) in [6.07, 6.45) is 0. The SMILES string of the molecule is [2H]c1c([2H])c(-n2c3ccccc3c3c4ccc5cccc6ccc(cc32)c4c65)c([2H])c2c1B1c3oc4cc(C(C)(C)C)ccc4c3N(c3c(-c4ccccc4)cc(C(C)(C)C)cc3-c3ccccc3)c3cc(C(C)(C)C)cc(c31)N2c1c(-c2ccccc2)cc(C(C)(C)C)cc1-c1ccccc1. The summed E-state index contributed by atoms with van der Waals surface area (Å²) < 4.78 is 44.5. The summed E-state index contributed by atoms with van der Waals surface area (Å²) in [4.78, 5) is 4.94. The summed E-state index contributed by atoms with van der Waals surface area (Å²) in [5.41, 5.74) is 21.6. The van der Waals surface area contributed by atoms with E-state index in [2.05, 4.69) is 346 Å². The molecule has 480 valence electrons. The minimum Gasteiger partial charge on any atom is -0.468 e. The Morgan fingerprint density at radius 3 is 1.34 bits per heavy atom. The van der Waals surface area contributed by atoms with Crippen LogP contribution in [0, 0.1) is 0 Å². The largest absolute Gasteiger partial charge is 0.468 e. The van der Waals surface area contributed by atoms with Gasteiger partial charge >= 0.3 is 0 Å². The van der Waals surface area contributed by atoms with Crippen molar-refractivity contribution in [3.8, 4) is 50.2 Å². The highest BCUT2D eigenvalue weighted by Gasteiger charge is 2.49. The lowest BCUT2D eigenvalue weighted by Crippen LogP contribution is -2.61. The fourth-order valence-electron chi connectivity index (χ4n) is 16.2. The fourth-order valence-corrected chi connectivity index (χ4v) is 16.2. The molecule has 2 aliphatic rings. The standard InChI is InChI=1S/C94H80BN3O/c1-91(2,3)64-43-46-70-82(55-64)99-90-89(70)98(88-74(59-32-21-15-22-33-59)51-66(93(7,8)9)52-75(88)60-34-23-16-24-35-60)81-54-67(94(10,11)12)53-80-86(81)95(90)76-47-44-68(96-77-39-26-25-38-69(77)85-71-45-42-62-37-27-36-61-40-41-63(48-79(85)96)84(71)83(61)62)56-78(76)97(80)87-72(57-28-17-13-18-29-57)49-65(92(4,5)6)50-73(87)58-30-19-14-20-31-58/h13-56H,1-12H3/i44D,47D,56D. The molecule has 5 heteroatoms. The van der Waals surface area contributed by atoms with Crippen LogP contribution in [0.25, 0.3) is 115 Å².